The Morgan fingerprint density at radius 2 is 1.44 bits per heavy atom. The Balaban J connectivity index is 1.44. The summed E-state index contributed by atoms with van der Waals surface area (Å²) in [6, 6.07) is 29.9. The molecule has 3 amide bonds. The summed E-state index contributed by atoms with van der Waals surface area (Å²) in [6.45, 7) is 10.1. The molecule has 7 heteroatoms. The largest absolute Gasteiger partial charge is 0.325 e. The number of rotatable bonds is 10. The van der Waals surface area contributed by atoms with Crippen LogP contribution in [0.4, 0.5) is 11.4 Å². The fourth-order valence-corrected chi connectivity index (χ4v) is 5.21. The Labute approximate surface area is 258 Å². The van der Waals surface area contributed by atoms with E-state index in [4.69, 9.17) is 0 Å². The summed E-state index contributed by atoms with van der Waals surface area (Å²) in [5.41, 5.74) is 6.10. The molecule has 220 valence electrons. The maximum Gasteiger partial charge on any atom is 0.272 e. The average Bonchev–Trinajstić information content (AvgIpc) is 2.99. The second-order valence-corrected chi connectivity index (χ2v) is 12.2. The Hall–Kier alpha value is -4.62. The molecule has 0 aliphatic rings. The summed E-state index contributed by atoms with van der Waals surface area (Å²) in [5, 5.41) is 8.34. The van der Waals surface area contributed by atoms with Crippen molar-refractivity contribution in [2.45, 2.75) is 50.7 Å². The van der Waals surface area contributed by atoms with Crippen LogP contribution in [0.5, 0.6) is 0 Å². The molecule has 0 bridgehead atoms. The Morgan fingerprint density at radius 3 is 2.07 bits per heavy atom. The van der Waals surface area contributed by atoms with Crippen LogP contribution < -0.4 is 16.0 Å². The van der Waals surface area contributed by atoms with E-state index in [-0.39, 0.29) is 22.8 Å². The van der Waals surface area contributed by atoms with Crippen molar-refractivity contribution in [3.63, 3.8) is 0 Å². The van der Waals surface area contributed by atoms with Gasteiger partial charge in [-0.3, -0.25) is 14.4 Å². The Bertz CT molecular complexity index is 1610. The lowest BCUT2D eigenvalue weighted by Crippen LogP contribution is -2.30. The number of anilines is 2. The highest BCUT2D eigenvalue weighted by molar-refractivity contribution is 8.00. The first-order valence-electron chi connectivity index (χ1n) is 14.2. The van der Waals surface area contributed by atoms with E-state index in [9.17, 15) is 14.4 Å². The van der Waals surface area contributed by atoms with Crippen LogP contribution in [0.1, 0.15) is 59.3 Å². The molecule has 4 rings (SSSR count). The van der Waals surface area contributed by atoms with Crippen LogP contribution in [0, 0.1) is 13.8 Å². The molecular formula is C36H37N3O3S. The van der Waals surface area contributed by atoms with Gasteiger partial charge in [0.2, 0.25) is 5.91 Å². The van der Waals surface area contributed by atoms with E-state index < -0.39 is 5.91 Å². The molecule has 0 aliphatic heterocycles. The van der Waals surface area contributed by atoms with Gasteiger partial charge in [0.05, 0.1) is 5.25 Å². The molecular weight excluding hydrogens is 554 g/mol. The van der Waals surface area contributed by atoms with E-state index >= 15 is 0 Å². The van der Waals surface area contributed by atoms with Crippen molar-refractivity contribution in [2.75, 3.05) is 10.6 Å². The highest BCUT2D eigenvalue weighted by Gasteiger charge is 2.17. The second kappa shape index (κ2) is 14.5. The molecule has 0 saturated heterocycles. The standard InChI is InChI=1S/C36H37N3O3S/c1-23(2)28-14-12-27(13-15-28)22-33(39-35(41)29-9-7-6-8-10-29)36(42)37-30-16-18-31(19-17-30)43-26(5)34(40)38-32-20-11-24(3)21-25(32)4/h6-23,26H,1-5H3,(H,37,42)(H,38,40)(H,39,41)/b33-22-. The zero-order valence-electron chi connectivity index (χ0n) is 25.1. The summed E-state index contributed by atoms with van der Waals surface area (Å²) in [6.07, 6.45) is 1.67. The predicted octanol–water partition coefficient (Wildman–Crippen LogP) is 7.96. The normalized spacial score (nSPS) is 12.0. The van der Waals surface area contributed by atoms with Crippen molar-refractivity contribution in [1.82, 2.24) is 5.32 Å². The molecule has 0 aliphatic carbocycles. The van der Waals surface area contributed by atoms with Gasteiger partial charge in [-0.05, 0) is 91.9 Å². The third-order valence-corrected chi connectivity index (χ3v) is 7.99. The van der Waals surface area contributed by atoms with E-state index in [0.29, 0.717) is 17.2 Å². The molecule has 3 N–H and O–H groups in total. The van der Waals surface area contributed by atoms with Crippen LogP contribution >= 0.6 is 11.8 Å². The van der Waals surface area contributed by atoms with Gasteiger partial charge in [-0.2, -0.15) is 0 Å². The first-order chi connectivity index (χ1) is 20.6. The third kappa shape index (κ3) is 8.93. The zero-order valence-corrected chi connectivity index (χ0v) is 25.9. The number of hydrogen-bond acceptors (Lipinski definition) is 4. The molecule has 1 atom stereocenters. The molecule has 0 radical (unpaired) electrons. The van der Waals surface area contributed by atoms with E-state index in [1.165, 1.54) is 17.3 Å². The van der Waals surface area contributed by atoms with Crippen molar-refractivity contribution >= 4 is 46.9 Å². The number of nitrogens with one attached hydrogen (secondary N) is 3. The smallest absolute Gasteiger partial charge is 0.272 e. The van der Waals surface area contributed by atoms with Crippen molar-refractivity contribution in [3.05, 3.63) is 131 Å². The lowest BCUT2D eigenvalue weighted by atomic mass is 10.0. The summed E-state index contributed by atoms with van der Waals surface area (Å²) in [7, 11) is 0. The number of amides is 3. The molecule has 0 saturated carbocycles. The monoisotopic (exact) mass is 591 g/mol. The SMILES string of the molecule is Cc1ccc(NC(=O)C(C)Sc2ccc(NC(=O)/C(=C/c3ccc(C(C)C)cc3)NC(=O)c3ccccc3)cc2)c(C)c1. The van der Waals surface area contributed by atoms with Gasteiger partial charge in [0.15, 0.2) is 0 Å². The minimum Gasteiger partial charge on any atom is -0.325 e. The first-order valence-corrected chi connectivity index (χ1v) is 15.1. The number of thioether (sulfide) groups is 1. The third-order valence-electron chi connectivity index (χ3n) is 6.88. The van der Waals surface area contributed by atoms with Crippen molar-refractivity contribution < 1.29 is 14.4 Å². The lowest BCUT2D eigenvalue weighted by Gasteiger charge is -2.15. The first kappa shape index (κ1) is 31.3. The molecule has 0 spiro atoms. The van der Waals surface area contributed by atoms with Crippen molar-refractivity contribution in [3.8, 4) is 0 Å². The highest BCUT2D eigenvalue weighted by atomic mass is 32.2. The lowest BCUT2D eigenvalue weighted by molar-refractivity contribution is -0.115. The maximum atomic E-state index is 13.4. The fraction of sp³-hybridized carbons (Fsp3) is 0.194. The van der Waals surface area contributed by atoms with E-state index in [1.807, 2.05) is 81.4 Å². The van der Waals surface area contributed by atoms with Gasteiger partial charge in [0.25, 0.3) is 11.8 Å². The van der Waals surface area contributed by atoms with E-state index in [0.717, 1.165) is 27.3 Å². The van der Waals surface area contributed by atoms with Gasteiger partial charge in [-0.1, -0.05) is 74.0 Å². The van der Waals surface area contributed by atoms with Crippen LogP contribution in [0.2, 0.25) is 0 Å². The van der Waals surface area contributed by atoms with Crippen molar-refractivity contribution in [2.24, 2.45) is 0 Å². The van der Waals surface area contributed by atoms with E-state index in [2.05, 4.69) is 29.8 Å². The van der Waals surface area contributed by atoms with Gasteiger partial charge in [-0.25, -0.2) is 0 Å². The molecule has 4 aromatic carbocycles. The van der Waals surface area contributed by atoms with Crippen LogP contribution in [-0.4, -0.2) is 23.0 Å². The minimum atomic E-state index is -0.446. The van der Waals surface area contributed by atoms with Crippen molar-refractivity contribution in [1.29, 1.82) is 0 Å². The van der Waals surface area contributed by atoms with Gasteiger partial charge < -0.3 is 16.0 Å². The summed E-state index contributed by atoms with van der Waals surface area (Å²) in [4.78, 5) is 40.0. The van der Waals surface area contributed by atoms with Gasteiger partial charge in [0.1, 0.15) is 5.70 Å². The van der Waals surface area contributed by atoms with Gasteiger partial charge in [-0.15, -0.1) is 11.8 Å². The fourth-order valence-electron chi connectivity index (χ4n) is 4.35. The molecule has 0 fully saturated rings. The minimum absolute atomic E-state index is 0.0836. The average molecular weight is 592 g/mol. The molecule has 1 unspecified atom stereocenters. The number of carbonyl (C=O) groups excluding carboxylic acids is 3. The quantitative estimate of drug-likeness (QED) is 0.129. The number of aryl methyl sites for hydroxylation is 2. The summed E-state index contributed by atoms with van der Waals surface area (Å²) in [5.74, 6) is -0.520. The highest BCUT2D eigenvalue weighted by Crippen LogP contribution is 2.27. The number of benzene rings is 4. The Kier molecular flexibility index (Phi) is 10.6. The van der Waals surface area contributed by atoms with Crippen LogP contribution in [0.25, 0.3) is 6.08 Å². The van der Waals surface area contributed by atoms with Crippen LogP contribution in [0.3, 0.4) is 0 Å². The zero-order chi connectivity index (χ0) is 30.9. The van der Waals surface area contributed by atoms with Crippen LogP contribution in [0.15, 0.2) is 108 Å². The number of carbonyl (C=O) groups is 3. The second-order valence-electron chi connectivity index (χ2n) is 10.7. The van der Waals surface area contributed by atoms with Gasteiger partial charge >= 0.3 is 0 Å². The number of hydrogen-bond donors (Lipinski definition) is 3. The molecule has 6 nitrogen and oxygen atoms in total. The predicted molar refractivity (Wildman–Crippen MR) is 177 cm³/mol. The summed E-state index contributed by atoms with van der Waals surface area (Å²) >= 11 is 1.43. The Morgan fingerprint density at radius 1 is 0.767 bits per heavy atom. The summed E-state index contributed by atoms with van der Waals surface area (Å²) < 4.78 is 0. The molecule has 0 heterocycles. The van der Waals surface area contributed by atoms with Gasteiger partial charge in [0, 0.05) is 21.8 Å². The molecule has 43 heavy (non-hydrogen) atoms. The maximum absolute atomic E-state index is 13.4. The van der Waals surface area contributed by atoms with E-state index in [1.54, 1.807) is 42.5 Å². The molecule has 4 aromatic rings. The van der Waals surface area contributed by atoms with Crippen LogP contribution in [-0.2, 0) is 9.59 Å². The topological polar surface area (TPSA) is 87.3 Å². The molecule has 0 aromatic heterocycles.